The molecule has 0 fully saturated rings. The normalized spacial score (nSPS) is 11.7. The van der Waals surface area contributed by atoms with Crippen LogP contribution in [0.15, 0.2) is 156 Å². The van der Waals surface area contributed by atoms with Crippen molar-refractivity contribution in [2.75, 3.05) is 4.90 Å². The molecule has 0 aliphatic carbocycles. The number of thiophene rings is 1. The number of nitrogens with zero attached hydrogens (tertiary/aromatic N) is 1. The van der Waals surface area contributed by atoms with Crippen molar-refractivity contribution in [3.8, 4) is 11.1 Å². The van der Waals surface area contributed by atoms with Gasteiger partial charge in [0.05, 0.1) is 0 Å². The molecule has 0 bridgehead atoms. The molecule has 0 saturated carbocycles. The SMILES string of the molecule is c1cc(-c2cccc3ccccc23)cc(N(c2ccc3c(c2)sc2ccccc23)c2ccc3oc4ccccc4c3c2)c1. The fraction of sp³-hybridized carbons (Fsp3) is 0. The molecule has 0 unspecified atom stereocenters. The maximum atomic E-state index is 6.19. The summed E-state index contributed by atoms with van der Waals surface area (Å²) in [5.41, 5.74) is 7.56. The van der Waals surface area contributed by atoms with Crippen LogP contribution in [0.3, 0.4) is 0 Å². The van der Waals surface area contributed by atoms with E-state index in [-0.39, 0.29) is 0 Å². The molecule has 0 saturated heterocycles. The first-order valence-corrected chi connectivity index (χ1v) is 15.3. The molecule has 0 radical (unpaired) electrons. The van der Waals surface area contributed by atoms with Crippen LogP contribution in [0.2, 0.25) is 0 Å². The van der Waals surface area contributed by atoms with Gasteiger partial charge >= 0.3 is 0 Å². The third-order valence-corrected chi connectivity index (χ3v) is 9.58. The molecule has 3 heteroatoms. The standard InChI is InChI=1S/C40H25NOS/c1-2-13-31-26(9-1)10-8-16-32(31)27-11-7-12-28(23-27)41(29-20-22-38-36(24-29)33-14-3-5-17-37(33)42-38)30-19-21-35-34-15-4-6-18-39(34)43-40(35)25-30/h1-25H. The number of anilines is 3. The first-order chi connectivity index (χ1) is 21.3. The van der Waals surface area contributed by atoms with Crippen molar-refractivity contribution < 1.29 is 4.42 Å². The van der Waals surface area contributed by atoms with Gasteiger partial charge in [0.25, 0.3) is 0 Å². The first-order valence-electron chi connectivity index (χ1n) is 14.5. The van der Waals surface area contributed by atoms with E-state index < -0.39 is 0 Å². The second-order valence-electron chi connectivity index (χ2n) is 11.0. The van der Waals surface area contributed by atoms with Crippen LogP contribution in [-0.2, 0) is 0 Å². The summed E-state index contributed by atoms with van der Waals surface area (Å²) in [5.74, 6) is 0. The molecular weight excluding hydrogens is 543 g/mol. The summed E-state index contributed by atoms with van der Waals surface area (Å²) >= 11 is 1.85. The van der Waals surface area contributed by atoms with Crippen LogP contribution >= 0.6 is 11.3 Å². The van der Waals surface area contributed by atoms with Crippen LogP contribution in [0.25, 0.3) is 64.0 Å². The molecule has 0 spiro atoms. The Kier molecular flexibility index (Phi) is 5.40. The average Bonchev–Trinajstić information content (AvgIpc) is 3.62. The van der Waals surface area contributed by atoms with E-state index in [1.807, 2.05) is 23.5 Å². The molecule has 43 heavy (non-hydrogen) atoms. The number of benzene rings is 7. The lowest BCUT2D eigenvalue weighted by Gasteiger charge is -2.26. The Morgan fingerprint density at radius 3 is 2.05 bits per heavy atom. The lowest BCUT2D eigenvalue weighted by atomic mass is 9.97. The van der Waals surface area contributed by atoms with Crippen LogP contribution in [0.5, 0.6) is 0 Å². The third-order valence-electron chi connectivity index (χ3n) is 8.44. The highest BCUT2D eigenvalue weighted by Crippen LogP contribution is 2.43. The lowest BCUT2D eigenvalue weighted by molar-refractivity contribution is 0.669. The van der Waals surface area contributed by atoms with Crippen molar-refractivity contribution >= 4 is 81.3 Å². The molecule has 2 heterocycles. The second kappa shape index (κ2) is 9.59. The van der Waals surface area contributed by atoms with E-state index in [9.17, 15) is 0 Å². The van der Waals surface area contributed by atoms with Crippen molar-refractivity contribution in [1.82, 2.24) is 0 Å². The molecule has 9 rings (SSSR count). The number of para-hydroxylation sites is 1. The predicted octanol–water partition coefficient (Wildman–Crippen LogP) is 12.2. The van der Waals surface area contributed by atoms with Crippen molar-refractivity contribution in [3.63, 3.8) is 0 Å². The van der Waals surface area contributed by atoms with Crippen LogP contribution in [0.4, 0.5) is 17.1 Å². The van der Waals surface area contributed by atoms with Gasteiger partial charge in [0.15, 0.2) is 0 Å². The Bertz CT molecular complexity index is 2480. The van der Waals surface area contributed by atoms with E-state index >= 15 is 0 Å². The number of rotatable bonds is 4. The largest absolute Gasteiger partial charge is 0.456 e. The van der Waals surface area contributed by atoms with Crippen LogP contribution < -0.4 is 4.90 Å². The maximum Gasteiger partial charge on any atom is 0.135 e. The Balaban J connectivity index is 1.27. The molecule has 9 aromatic rings. The molecule has 0 N–H and O–H groups in total. The van der Waals surface area contributed by atoms with Gasteiger partial charge in [0.2, 0.25) is 0 Å². The maximum absolute atomic E-state index is 6.19. The van der Waals surface area contributed by atoms with Crippen LogP contribution in [0, 0.1) is 0 Å². The smallest absolute Gasteiger partial charge is 0.135 e. The van der Waals surface area contributed by atoms with Crippen LogP contribution in [0.1, 0.15) is 0 Å². The Labute approximate surface area is 252 Å². The zero-order chi connectivity index (χ0) is 28.3. The number of furan rings is 1. The molecule has 2 aromatic heterocycles. The molecule has 0 atom stereocenters. The quantitative estimate of drug-likeness (QED) is 0.210. The molecule has 0 amide bonds. The summed E-state index contributed by atoms with van der Waals surface area (Å²) in [6, 6.07) is 54.4. The zero-order valence-electron chi connectivity index (χ0n) is 23.2. The highest BCUT2D eigenvalue weighted by atomic mass is 32.1. The van der Waals surface area contributed by atoms with Gasteiger partial charge in [-0.15, -0.1) is 11.3 Å². The molecular formula is C40H25NOS. The summed E-state index contributed by atoms with van der Waals surface area (Å²) in [4.78, 5) is 2.37. The van der Waals surface area contributed by atoms with E-state index in [1.165, 1.54) is 42.1 Å². The van der Waals surface area contributed by atoms with Crippen molar-refractivity contribution in [2.45, 2.75) is 0 Å². The summed E-state index contributed by atoms with van der Waals surface area (Å²) < 4.78 is 8.78. The van der Waals surface area contributed by atoms with Gasteiger partial charge in [-0.25, -0.2) is 0 Å². The topological polar surface area (TPSA) is 16.4 Å². The van der Waals surface area contributed by atoms with Gasteiger partial charge in [0, 0.05) is 48.0 Å². The van der Waals surface area contributed by atoms with Crippen molar-refractivity contribution in [1.29, 1.82) is 0 Å². The van der Waals surface area contributed by atoms with Gasteiger partial charge in [-0.3, -0.25) is 0 Å². The molecule has 2 nitrogen and oxygen atoms in total. The summed E-state index contributed by atoms with van der Waals surface area (Å²) in [7, 11) is 0. The number of hydrogen-bond acceptors (Lipinski definition) is 3. The zero-order valence-corrected chi connectivity index (χ0v) is 24.0. The minimum absolute atomic E-state index is 0.898. The summed E-state index contributed by atoms with van der Waals surface area (Å²) in [6.07, 6.45) is 0. The summed E-state index contributed by atoms with van der Waals surface area (Å²) in [6.45, 7) is 0. The highest BCUT2D eigenvalue weighted by molar-refractivity contribution is 7.25. The van der Waals surface area contributed by atoms with Gasteiger partial charge < -0.3 is 9.32 Å². The number of hydrogen-bond donors (Lipinski definition) is 0. The monoisotopic (exact) mass is 567 g/mol. The van der Waals surface area contributed by atoms with Crippen molar-refractivity contribution in [2.24, 2.45) is 0 Å². The lowest BCUT2D eigenvalue weighted by Crippen LogP contribution is -2.09. The van der Waals surface area contributed by atoms with E-state index in [2.05, 4.69) is 144 Å². The summed E-state index contributed by atoms with van der Waals surface area (Å²) in [5, 5.41) is 7.35. The molecule has 0 aliphatic heterocycles. The van der Waals surface area contributed by atoms with E-state index in [0.29, 0.717) is 0 Å². The minimum atomic E-state index is 0.898. The van der Waals surface area contributed by atoms with Gasteiger partial charge in [-0.05, 0) is 76.5 Å². The molecule has 7 aromatic carbocycles. The first kappa shape index (κ1) is 24.2. The molecule has 202 valence electrons. The Hall–Kier alpha value is -5.38. The fourth-order valence-electron chi connectivity index (χ4n) is 6.44. The Morgan fingerprint density at radius 1 is 0.419 bits per heavy atom. The highest BCUT2D eigenvalue weighted by Gasteiger charge is 2.18. The van der Waals surface area contributed by atoms with E-state index in [1.54, 1.807) is 0 Å². The molecule has 0 aliphatic rings. The van der Waals surface area contributed by atoms with Crippen molar-refractivity contribution in [3.05, 3.63) is 152 Å². The number of fused-ring (bicyclic) bond motifs is 7. The Morgan fingerprint density at radius 2 is 1.09 bits per heavy atom. The predicted molar refractivity (Wildman–Crippen MR) is 184 cm³/mol. The second-order valence-corrected chi connectivity index (χ2v) is 12.1. The van der Waals surface area contributed by atoms with E-state index in [4.69, 9.17) is 4.42 Å². The van der Waals surface area contributed by atoms with E-state index in [0.717, 1.165) is 39.0 Å². The average molecular weight is 568 g/mol. The van der Waals surface area contributed by atoms with Gasteiger partial charge in [0.1, 0.15) is 11.2 Å². The van der Waals surface area contributed by atoms with Gasteiger partial charge in [-0.1, -0.05) is 97.1 Å². The third kappa shape index (κ3) is 3.93. The van der Waals surface area contributed by atoms with Gasteiger partial charge in [-0.2, -0.15) is 0 Å². The minimum Gasteiger partial charge on any atom is -0.456 e. The fourth-order valence-corrected chi connectivity index (χ4v) is 7.58. The van der Waals surface area contributed by atoms with Crippen LogP contribution in [-0.4, -0.2) is 0 Å².